The minimum Gasteiger partial charge on any atom is -0.311 e. The van der Waals surface area contributed by atoms with Crippen molar-refractivity contribution >= 4 is 59.6 Å². The number of rotatable bonds is 7. The Morgan fingerprint density at radius 1 is 0.407 bits per heavy atom. The third kappa shape index (κ3) is 5.67. The number of anilines is 3. The van der Waals surface area contributed by atoms with Crippen molar-refractivity contribution in [2.45, 2.75) is 6.92 Å². The molecule has 54 heavy (non-hydrogen) atoms. The summed E-state index contributed by atoms with van der Waals surface area (Å²) in [5.74, 6) is 0. The Kier molecular flexibility index (Phi) is 7.93. The molecule has 2 nitrogen and oxygen atoms in total. The maximum absolute atomic E-state index is 2.44. The van der Waals surface area contributed by atoms with Crippen LogP contribution in [-0.4, -0.2) is 4.57 Å². The maximum Gasteiger partial charge on any atom is 0.0727 e. The predicted octanol–water partition coefficient (Wildman–Crippen LogP) is 14.8. The topological polar surface area (TPSA) is 8.17 Å². The highest BCUT2D eigenvalue weighted by Gasteiger charge is 2.18. The molecule has 2 aromatic heterocycles. The van der Waals surface area contributed by atoms with Crippen LogP contribution in [0.15, 0.2) is 200 Å². The van der Waals surface area contributed by atoms with Gasteiger partial charge in [0.15, 0.2) is 0 Å². The molecule has 0 N–H and O–H groups in total. The van der Waals surface area contributed by atoms with E-state index < -0.39 is 0 Å². The summed E-state index contributed by atoms with van der Waals surface area (Å²) in [5.41, 5.74) is 15.5. The molecular formula is C51H36N2S. The van der Waals surface area contributed by atoms with Crippen molar-refractivity contribution in [3.05, 3.63) is 206 Å². The normalized spacial score (nSPS) is 11.4. The van der Waals surface area contributed by atoms with Gasteiger partial charge >= 0.3 is 0 Å². The molecule has 0 unspecified atom stereocenters. The third-order valence-corrected chi connectivity index (χ3v) is 11.7. The van der Waals surface area contributed by atoms with Crippen molar-refractivity contribution in [2.24, 2.45) is 0 Å². The number of thiophene rings is 1. The molecule has 10 rings (SSSR count). The highest BCUT2D eigenvalue weighted by atomic mass is 32.1. The highest BCUT2D eigenvalue weighted by molar-refractivity contribution is 7.26. The van der Waals surface area contributed by atoms with Gasteiger partial charge in [-0.25, -0.2) is 0 Å². The van der Waals surface area contributed by atoms with E-state index in [0.717, 1.165) is 17.1 Å². The van der Waals surface area contributed by atoms with E-state index in [0.29, 0.717) is 0 Å². The van der Waals surface area contributed by atoms with E-state index in [1.807, 2.05) is 11.3 Å². The molecule has 0 radical (unpaired) electrons. The predicted molar refractivity (Wildman–Crippen MR) is 232 cm³/mol. The summed E-state index contributed by atoms with van der Waals surface area (Å²) < 4.78 is 5.12. The van der Waals surface area contributed by atoms with E-state index in [9.17, 15) is 0 Å². The van der Waals surface area contributed by atoms with E-state index in [1.54, 1.807) is 0 Å². The van der Waals surface area contributed by atoms with Crippen LogP contribution in [0.2, 0.25) is 0 Å². The average Bonchev–Trinajstić information content (AvgIpc) is 3.77. The van der Waals surface area contributed by atoms with Gasteiger partial charge in [0.2, 0.25) is 0 Å². The van der Waals surface area contributed by atoms with Crippen LogP contribution in [0.4, 0.5) is 17.1 Å². The van der Waals surface area contributed by atoms with Gasteiger partial charge in [0.05, 0.1) is 15.7 Å². The molecule has 256 valence electrons. The second-order valence-electron chi connectivity index (χ2n) is 13.9. The molecule has 8 aromatic carbocycles. The fourth-order valence-corrected chi connectivity index (χ4v) is 8.98. The lowest BCUT2D eigenvalue weighted by molar-refractivity contribution is 1.19. The summed E-state index contributed by atoms with van der Waals surface area (Å²) in [6.07, 6.45) is 0. The van der Waals surface area contributed by atoms with Gasteiger partial charge in [-0.1, -0.05) is 139 Å². The quantitative estimate of drug-likeness (QED) is 0.160. The van der Waals surface area contributed by atoms with Crippen molar-refractivity contribution in [2.75, 3.05) is 4.90 Å². The summed E-state index contributed by atoms with van der Waals surface area (Å²) >= 11 is 1.89. The molecular weight excluding hydrogens is 673 g/mol. The number of fused-ring (bicyclic) bond motifs is 5. The Labute approximate surface area is 319 Å². The first-order chi connectivity index (χ1) is 26.7. The number of nitrogens with zero attached hydrogens (tertiary/aromatic N) is 2. The lowest BCUT2D eigenvalue weighted by Gasteiger charge is -2.26. The minimum absolute atomic E-state index is 1.11. The largest absolute Gasteiger partial charge is 0.311 e. The van der Waals surface area contributed by atoms with E-state index in [-0.39, 0.29) is 0 Å². The summed E-state index contributed by atoms with van der Waals surface area (Å²) in [4.78, 5) is 2.34. The minimum atomic E-state index is 1.11. The van der Waals surface area contributed by atoms with E-state index in [1.165, 1.54) is 75.8 Å². The molecule has 0 spiro atoms. The van der Waals surface area contributed by atoms with Crippen LogP contribution in [0.1, 0.15) is 5.56 Å². The fourth-order valence-electron chi connectivity index (χ4n) is 7.77. The fraction of sp³-hybridized carbons (Fsp3) is 0.0196. The van der Waals surface area contributed by atoms with Crippen LogP contribution in [-0.2, 0) is 0 Å². The van der Waals surface area contributed by atoms with Gasteiger partial charge in [0, 0.05) is 38.2 Å². The lowest BCUT2D eigenvalue weighted by Crippen LogP contribution is -2.09. The van der Waals surface area contributed by atoms with Crippen molar-refractivity contribution in [1.29, 1.82) is 0 Å². The molecule has 0 fully saturated rings. The molecule has 0 saturated heterocycles. The first-order valence-corrected chi connectivity index (χ1v) is 19.2. The summed E-state index contributed by atoms with van der Waals surface area (Å²) in [6, 6.07) is 72.5. The van der Waals surface area contributed by atoms with Crippen molar-refractivity contribution in [3.8, 4) is 39.1 Å². The van der Waals surface area contributed by atoms with Gasteiger partial charge in [-0.15, -0.1) is 11.3 Å². The molecule has 0 bridgehead atoms. The number of hydrogen-bond donors (Lipinski definition) is 0. The van der Waals surface area contributed by atoms with Crippen LogP contribution >= 0.6 is 11.3 Å². The molecule has 0 saturated carbocycles. The summed E-state index contributed by atoms with van der Waals surface area (Å²) in [7, 11) is 0. The van der Waals surface area contributed by atoms with Gasteiger partial charge < -0.3 is 9.47 Å². The van der Waals surface area contributed by atoms with E-state index in [4.69, 9.17) is 0 Å². The number of aryl methyl sites for hydroxylation is 1. The standard InChI is InChI=1S/C51H36N2S/c1-35-16-33-48-47(34-35)51-50(46-14-8-9-15-49(46)54-51)53(48)45-31-23-41(24-32-45)40-21-29-44(30-22-40)52(42-25-17-38(18-26-42)36-10-4-2-5-11-36)43-27-19-39(20-28-43)37-12-6-3-7-13-37/h2-34H,1H3. The van der Waals surface area contributed by atoms with Crippen molar-refractivity contribution in [1.82, 2.24) is 4.57 Å². The molecule has 0 atom stereocenters. The Hall–Kier alpha value is -6.68. The summed E-state index contributed by atoms with van der Waals surface area (Å²) in [5, 5.41) is 2.62. The Bertz CT molecular complexity index is 2800. The monoisotopic (exact) mass is 708 g/mol. The van der Waals surface area contributed by atoms with Gasteiger partial charge in [-0.2, -0.15) is 0 Å². The zero-order chi connectivity index (χ0) is 36.0. The second kappa shape index (κ2) is 13.4. The van der Waals surface area contributed by atoms with Gasteiger partial charge in [-0.05, 0) is 107 Å². The van der Waals surface area contributed by atoms with Crippen LogP contribution in [0, 0.1) is 6.92 Å². The molecule has 0 aliphatic heterocycles. The van der Waals surface area contributed by atoms with Crippen LogP contribution < -0.4 is 4.90 Å². The molecule has 2 heterocycles. The Balaban J connectivity index is 1.00. The number of benzene rings is 8. The molecule has 0 amide bonds. The number of hydrogen-bond acceptors (Lipinski definition) is 2. The first-order valence-electron chi connectivity index (χ1n) is 18.4. The first kappa shape index (κ1) is 32.0. The summed E-state index contributed by atoms with van der Waals surface area (Å²) in [6.45, 7) is 2.18. The van der Waals surface area contributed by atoms with Crippen molar-refractivity contribution < 1.29 is 0 Å². The van der Waals surface area contributed by atoms with Gasteiger partial charge in [-0.3, -0.25) is 0 Å². The zero-order valence-electron chi connectivity index (χ0n) is 29.9. The zero-order valence-corrected chi connectivity index (χ0v) is 30.7. The maximum atomic E-state index is 2.44. The lowest BCUT2D eigenvalue weighted by atomic mass is 10.0. The second-order valence-corrected chi connectivity index (χ2v) is 14.9. The molecule has 10 aromatic rings. The van der Waals surface area contributed by atoms with E-state index >= 15 is 0 Å². The number of aromatic nitrogens is 1. The SMILES string of the molecule is Cc1ccc2c(c1)c1sc3ccccc3c1n2-c1ccc(-c2ccc(N(c3ccc(-c4ccccc4)cc3)c3ccc(-c4ccccc4)cc3)cc2)cc1. The van der Waals surface area contributed by atoms with Crippen LogP contribution in [0.3, 0.4) is 0 Å². The van der Waals surface area contributed by atoms with Gasteiger partial charge in [0.25, 0.3) is 0 Å². The van der Waals surface area contributed by atoms with Crippen LogP contribution in [0.5, 0.6) is 0 Å². The third-order valence-electron chi connectivity index (χ3n) is 10.5. The van der Waals surface area contributed by atoms with E-state index in [2.05, 4.69) is 217 Å². The molecule has 3 heteroatoms. The Morgan fingerprint density at radius 3 is 1.37 bits per heavy atom. The van der Waals surface area contributed by atoms with Crippen LogP contribution in [0.25, 0.3) is 70.3 Å². The molecule has 0 aliphatic carbocycles. The smallest absolute Gasteiger partial charge is 0.0727 e. The average molecular weight is 709 g/mol. The molecule has 0 aliphatic rings. The highest BCUT2D eigenvalue weighted by Crippen LogP contribution is 2.43. The Morgan fingerprint density at radius 2 is 0.852 bits per heavy atom. The van der Waals surface area contributed by atoms with Gasteiger partial charge in [0.1, 0.15) is 0 Å². The van der Waals surface area contributed by atoms with Crippen molar-refractivity contribution in [3.63, 3.8) is 0 Å².